The molecule has 2 heterocycles. The molecule has 0 aliphatic carbocycles. The standard InChI is InChI=1S/C12H21N3S/c1-13-11(12-3-6-14-15(12)2)9-10-4-7-16-8-5-10/h3,6,10-11,13H,4-5,7-9H2,1-2H3. The average molecular weight is 239 g/mol. The van der Waals surface area contributed by atoms with Gasteiger partial charge < -0.3 is 5.32 Å². The number of thioether (sulfide) groups is 1. The molecule has 90 valence electrons. The lowest BCUT2D eigenvalue weighted by Crippen LogP contribution is -2.24. The topological polar surface area (TPSA) is 29.9 Å². The maximum absolute atomic E-state index is 4.25. The van der Waals surface area contributed by atoms with E-state index in [0.717, 1.165) is 5.92 Å². The van der Waals surface area contributed by atoms with Crippen molar-refractivity contribution in [3.8, 4) is 0 Å². The minimum atomic E-state index is 0.459. The molecule has 1 N–H and O–H groups in total. The van der Waals surface area contributed by atoms with Gasteiger partial charge in [0.2, 0.25) is 0 Å². The molecular weight excluding hydrogens is 218 g/mol. The first-order valence-electron chi connectivity index (χ1n) is 6.04. The Kier molecular flexibility index (Phi) is 4.29. The fourth-order valence-electron chi connectivity index (χ4n) is 2.43. The van der Waals surface area contributed by atoms with E-state index in [0.29, 0.717) is 6.04 Å². The highest BCUT2D eigenvalue weighted by Crippen LogP contribution is 2.30. The van der Waals surface area contributed by atoms with Crippen LogP contribution in [0.15, 0.2) is 12.3 Å². The van der Waals surface area contributed by atoms with Crippen molar-refractivity contribution in [1.29, 1.82) is 0 Å². The predicted molar refractivity (Wildman–Crippen MR) is 69.7 cm³/mol. The minimum absolute atomic E-state index is 0.459. The molecule has 1 fully saturated rings. The second kappa shape index (κ2) is 5.73. The number of rotatable bonds is 4. The van der Waals surface area contributed by atoms with Crippen LogP contribution in [0.5, 0.6) is 0 Å². The van der Waals surface area contributed by atoms with Crippen LogP contribution in [-0.2, 0) is 7.05 Å². The van der Waals surface area contributed by atoms with E-state index in [2.05, 4.69) is 35.3 Å². The van der Waals surface area contributed by atoms with Gasteiger partial charge in [0.15, 0.2) is 0 Å². The molecule has 1 aromatic heterocycles. The largest absolute Gasteiger partial charge is 0.312 e. The average Bonchev–Trinajstić information content (AvgIpc) is 2.74. The number of nitrogens with one attached hydrogen (secondary N) is 1. The van der Waals surface area contributed by atoms with Crippen LogP contribution in [0.4, 0.5) is 0 Å². The van der Waals surface area contributed by atoms with Crippen LogP contribution >= 0.6 is 11.8 Å². The lowest BCUT2D eigenvalue weighted by atomic mass is 9.93. The van der Waals surface area contributed by atoms with Crippen LogP contribution < -0.4 is 5.32 Å². The molecule has 0 saturated carbocycles. The van der Waals surface area contributed by atoms with E-state index in [1.54, 1.807) is 0 Å². The Hall–Kier alpha value is -0.480. The quantitative estimate of drug-likeness (QED) is 0.873. The van der Waals surface area contributed by atoms with Crippen LogP contribution in [-0.4, -0.2) is 28.3 Å². The van der Waals surface area contributed by atoms with Crippen LogP contribution in [0.1, 0.15) is 31.0 Å². The molecular formula is C12H21N3S. The fourth-order valence-corrected chi connectivity index (χ4v) is 3.63. The van der Waals surface area contributed by atoms with Crippen LogP contribution in [0.3, 0.4) is 0 Å². The van der Waals surface area contributed by atoms with Crippen molar-refractivity contribution in [3.05, 3.63) is 18.0 Å². The molecule has 16 heavy (non-hydrogen) atoms. The zero-order valence-corrected chi connectivity index (χ0v) is 11.0. The molecule has 1 aromatic rings. The normalized spacial score (nSPS) is 19.9. The molecule has 1 unspecified atom stereocenters. The van der Waals surface area contributed by atoms with Gasteiger partial charge in [0.1, 0.15) is 0 Å². The summed E-state index contributed by atoms with van der Waals surface area (Å²) in [5, 5.41) is 7.68. The van der Waals surface area contributed by atoms with Gasteiger partial charge in [-0.1, -0.05) is 0 Å². The van der Waals surface area contributed by atoms with Gasteiger partial charge in [-0.2, -0.15) is 16.9 Å². The third kappa shape index (κ3) is 2.80. The molecule has 0 bridgehead atoms. The Balaban J connectivity index is 1.97. The first kappa shape index (κ1) is 12.0. The zero-order valence-electron chi connectivity index (χ0n) is 10.1. The Morgan fingerprint density at radius 2 is 2.31 bits per heavy atom. The lowest BCUT2D eigenvalue weighted by Gasteiger charge is -2.26. The summed E-state index contributed by atoms with van der Waals surface area (Å²) >= 11 is 2.10. The van der Waals surface area contributed by atoms with Gasteiger partial charge in [-0.25, -0.2) is 0 Å². The fraction of sp³-hybridized carbons (Fsp3) is 0.750. The maximum atomic E-state index is 4.25. The summed E-state index contributed by atoms with van der Waals surface area (Å²) in [6.07, 6.45) is 5.88. The van der Waals surface area contributed by atoms with Crippen molar-refractivity contribution in [1.82, 2.24) is 15.1 Å². The molecule has 1 atom stereocenters. The summed E-state index contributed by atoms with van der Waals surface area (Å²) < 4.78 is 1.98. The second-order valence-corrected chi connectivity index (χ2v) is 5.74. The van der Waals surface area contributed by atoms with Crippen molar-refractivity contribution < 1.29 is 0 Å². The third-order valence-electron chi connectivity index (χ3n) is 3.47. The molecule has 1 aliphatic heterocycles. The molecule has 0 amide bonds. The molecule has 0 spiro atoms. The van der Waals surface area contributed by atoms with Gasteiger partial charge in [-0.15, -0.1) is 0 Å². The Bertz CT molecular complexity index is 318. The minimum Gasteiger partial charge on any atom is -0.312 e. The zero-order chi connectivity index (χ0) is 11.4. The number of aryl methyl sites for hydroxylation is 1. The Morgan fingerprint density at radius 3 is 2.88 bits per heavy atom. The number of aromatic nitrogens is 2. The summed E-state index contributed by atoms with van der Waals surface area (Å²) in [5.41, 5.74) is 1.31. The molecule has 1 aliphatic rings. The van der Waals surface area contributed by atoms with Gasteiger partial charge >= 0.3 is 0 Å². The highest BCUT2D eigenvalue weighted by molar-refractivity contribution is 7.99. The number of hydrogen-bond donors (Lipinski definition) is 1. The van der Waals surface area contributed by atoms with Crippen LogP contribution in [0, 0.1) is 5.92 Å². The Morgan fingerprint density at radius 1 is 1.56 bits per heavy atom. The van der Waals surface area contributed by atoms with E-state index in [9.17, 15) is 0 Å². The van der Waals surface area contributed by atoms with E-state index in [4.69, 9.17) is 0 Å². The first-order valence-corrected chi connectivity index (χ1v) is 7.19. The SMILES string of the molecule is CNC(CC1CCSCC1)c1ccnn1C. The van der Waals surface area contributed by atoms with E-state index in [1.807, 2.05) is 17.9 Å². The predicted octanol–water partition coefficient (Wildman–Crippen LogP) is 2.21. The van der Waals surface area contributed by atoms with E-state index >= 15 is 0 Å². The van der Waals surface area contributed by atoms with Gasteiger partial charge in [0.05, 0.1) is 5.69 Å². The van der Waals surface area contributed by atoms with E-state index < -0.39 is 0 Å². The highest BCUT2D eigenvalue weighted by atomic mass is 32.2. The smallest absolute Gasteiger partial charge is 0.0550 e. The monoisotopic (exact) mass is 239 g/mol. The van der Waals surface area contributed by atoms with Crippen molar-refractivity contribution in [2.45, 2.75) is 25.3 Å². The summed E-state index contributed by atoms with van der Waals surface area (Å²) in [5.74, 6) is 3.56. The number of hydrogen-bond acceptors (Lipinski definition) is 3. The summed E-state index contributed by atoms with van der Waals surface area (Å²) in [7, 11) is 4.08. The molecule has 1 saturated heterocycles. The van der Waals surface area contributed by atoms with E-state index in [-0.39, 0.29) is 0 Å². The molecule has 3 nitrogen and oxygen atoms in total. The van der Waals surface area contributed by atoms with Crippen LogP contribution in [0.25, 0.3) is 0 Å². The van der Waals surface area contributed by atoms with Crippen molar-refractivity contribution in [3.63, 3.8) is 0 Å². The summed E-state index contributed by atoms with van der Waals surface area (Å²) in [6.45, 7) is 0. The number of nitrogens with zero attached hydrogens (tertiary/aromatic N) is 2. The molecule has 2 rings (SSSR count). The lowest BCUT2D eigenvalue weighted by molar-refractivity contribution is 0.372. The third-order valence-corrected chi connectivity index (χ3v) is 4.52. The Labute approximate surface area is 102 Å². The summed E-state index contributed by atoms with van der Waals surface area (Å²) in [6, 6.07) is 2.58. The maximum Gasteiger partial charge on any atom is 0.0550 e. The summed E-state index contributed by atoms with van der Waals surface area (Å²) in [4.78, 5) is 0. The van der Waals surface area contributed by atoms with Gasteiger partial charge in [-0.3, -0.25) is 4.68 Å². The molecule has 0 aromatic carbocycles. The van der Waals surface area contributed by atoms with Crippen molar-refractivity contribution in [2.24, 2.45) is 13.0 Å². The van der Waals surface area contributed by atoms with Gasteiger partial charge in [-0.05, 0) is 49.8 Å². The van der Waals surface area contributed by atoms with Gasteiger partial charge in [0.25, 0.3) is 0 Å². The molecule has 0 radical (unpaired) electrons. The highest BCUT2D eigenvalue weighted by Gasteiger charge is 2.20. The first-order chi connectivity index (χ1) is 7.81. The van der Waals surface area contributed by atoms with Crippen molar-refractivity contribution >= 4 is 11.8 Å². The van der Waals surface area contributed by atoms with Crippen LogP contribution in [0.2, 0.25) is 0 Å². The molecule has 4 heteroatoms. The van der Waals surface area contributed by atoms with E-state index in [1.165, 1.54) is 36.5 Å². The second-order valence-electron chi connectivity index (χ2n) is 4.51. The van der Waals surface area contributed by atoms with Gasteiger partial charge in [0, 0.05) is 19.3 Å². The van der Waals surface area contributed by atoms with Crippen molar-refractivity contribution in [2.75, 3.05) is 18.6 Å².